The number of anilines is 3. The van der Waals surface area contributed by atoms with Gasteiger partial charge in [-0.05, 0) is 19.1 Å². The summed E-state index contributed by atoms with van der Waals surface area (Å²) in [7, 11) is 0. The summed E-state index contributed by atoms with van der Waals surface area (Å²) in [5, 5.41) is 14.1. The molecule has 0 amide bonds. The van der Waals surface area contributed by atoms with E-state index >= 15 is 0 Å². The highest BCUT2D eigenvalue weighted by molar-refractivity contribution is 6.35. The van der Waals surface area contributed by atoms with Crippen LogP contribution in [0.4, 0.5) is 17.7 Å². The second-order valence-corrected chi connectivity index (χ2v) is 7.71. The Bertz CT molecular complexity index is 1020. The first kappa shape index (κ1) is 20.5. The van der Waals surface area contributed by atoms with Gasteiger partial charge in [0, 0.05) is 43.7 Å². The number of piperazine rings is 1. The van der Waals surface area contributed by atoms with Crippen LogP contribution in [0.3, 0.4) is 0 Å². The van der Waals surface area contributed by atoms with Gasteiger partial charge in [-0.2, -0.15) is 4.98 Å². The second kappa shape index (κ2) is 8.95. The standard InChI is InChI=1S/C20H25ClN8O/c1-13(25-20-24-12-23-19(22)27-20)15-11-14-3-2-4-16(21)17(14)26-18(15)29-7-5-28(6-8-29)9-10-30/h2-4,11-13,30H,5-10H2,1H3,(H3,22,23,24,25,27)/t13-/m0/s1. The highest BCUT2D eigenvalue weighted by Gasteiger charge is 2.23. The summed E-state index contributed by atoms with van der Waals surface area (Å²) in [6.07, 6.45) is 1.39. The maximum atomic E-state index is 9.21. The van der Waals surface area contributed by atoms with Crippen molar-refractivity contribution >= 4 is 40.2 Å². The summed E-state index contributed by atoms with van der Waals surface area (Å²) in [6.45, 7) is 6.28. The predicted octanol–water partition coefficient (Wildman–Crippen LogP) is 1.94. The van der Waals surface area contributed by atoms with E-state index in [2.05, 4.69) is 36.1 Å². The number of aromatic nitrogens is 4. The van der Waals surface area contributed by atoms with Gasteiger partial charge < -0.3 is 21.1 Å². The molecule has 2 aromatic heterocycles. The highest BCUT2D eigenvalue weighted by Crippen LogP contribution is 2.33. The molecule has 0 spiro atoms. The lowest BCUT2D eigenvalue weighted by atomic mass is 10.0. The van der Waals surface area contributed by atoms with Crippen molar-refractivity contribution in [3.05, 3.63) is 41.2 Å². The number of nitrogen functional groups attached to an aromatic ring is 1. The van der Waals surface area contributed by atoms with Crippen molar-refractivity contribution in [2.75, 3.05) is 55.3 Å². The van der Waals surface area contributed by atoms with Gasteiger partial charge in [-0.15, -0.1) is 0 Å². The van der Waals surface area contributed by atoms with Crippen molar-refractivity contribution in [2.45, 2.75) is 13.0 Å². The third-order valence-corrected chi connectivity index (χ3v) is 5.60. The fourth-order valence-electron chi connectivity index (χ4n) is 3.72. The minimum atomic E-state index is -0.117. The van der Waals surface area contributed by atoms with Crippen molar-refractivity contribution in [1.29, 1.82) is 0 Å². The number of nitrogens with two attached hydrogens (primary N) is 1. The third-order valence-electron chi connectivity index (χ3n) is 5.30. The monoisotopic (exact) mass is 428 g/mol. The van der Waals surface area contributed by atoms with Gasteiger partial charge in [0.2, 0.25) is 11.9 Å². The fourth-order valence-corrected chi connectivity index (χ4v) is 3.94. The number of nitrogens with one attached hydrogen (secondary N) is 1. The van der Waals surface area contributed by atoms with Crippen LogP contribution in [0, 0.1) is 0 Å². The number of β-amino-alcohol motifs (C(OH)–C–C–N with tert-alkyl or cyclic N) is 1. The molecule has 3 aromatic rings. The molecule has 0 unspecified atom stereocenters. The Morgan fingerprint density at radius 1 is 1.20 bits per heavy atom. The average Bonchev–Trinajstić information content (AvgIpc) is 2.74. The number of pyridine rings is 1. The molecule has 0 bridgehead atoms. The number of aliphatic hydroxyl groups excluding tert-OH is 1. The molecule has 9 nitrogen and oxygen atoms in total. The molecule has 3 heterocycles. The average molecular weight is 429 g/mol. The van der Waals surface area contributed by atoms with E-state index in [-0.39, 0.29) is 18.6 Å². The van der Waals surface area contributed by atoms with Crippen molar-refractivity contribution in [2.24, 2.45) is 0 Å². The molecule has 0 aliphatic carbocycles. The third kappa shape index (κ3) is 4.38. The summed E-state index contributed by atoms with van der Waals surface area (Å²) >= 11 is 6.44. The zero-order valence-corrected chi connectivity index (χ0v) is 17.5. The van der Waals surface area contributed by atoms with Crippen molar-refractivity contribution in [3.8, 4) is 0 Å². The molecule has 10 heteroatoms. The molecule has 1 aromatic carbocycles. The zero-order valence-electron chi connectivity index (χ0n) is 16.8. The number of benzene rings is 1. The van der Waals surface area contributed by atoms with E-state index in [0.717, 1.165) is 48.5 Å². The maximum Gasteiger partial charge on any atom is 0.227 e. The van der Waals surface area contributed by atoms with Crippen LogP contribution in [0.2, 0.25) is 5.02 Å². The van der Waals surface area contributed by atoms with Crippen molar-refractivity contribution in [1.82, 2.24) is 24.8 Å². The van der Waals surface area contributed by atoms with Crippen LogP contribution < -0.4 is 16.0 Å². The lowest BCUT2D eigenvalue weighted by molar-refractivity contribution is 0.188. The number of rotatable bonds is 6. The van der Waals surface area contributed by atoms with Gasteiger partial charge in [-0.25, -0.2) is 15.0 Å². The first-order valence-electron chi connectivity index (χ1n) is 9.93. The lowest BCUT2D eigenvalue weighted by Gasteiger charge is -2.36. The van der Waals surface area contributed by atoms with Crippen LogP contribution >= 0.6 is 11.6 Å². The molecule has 1 saturated heterocycles. The smallest absolute Gasteiger partial charge is 0.227 e. The molecule has 1 aliphatic rings. The van der Waals surface area contributed by atoms with Crippen LogP contribution in [0.25, 0.3) is 10.9 Å². The van der Waals surface area contributed by atoms with Crippen LogP contribution in [0.5, 0.6) is 0 Å². The molecule has 158 valence electrons. The Kier molecular flexibility index (Phi) is 6.12. The Morgan fingerprint density at radius 2 is 2.00 bits per heavy atom. The Balaban J connectivity index is 1.69. The number of hydrogen-bond donors (Lipinski definition) is 3. The van der Waals surface area contributed by atoms with E-state index in [0.29, 0.717) is 17.5 Å². The van der Waals surface area contributed by atoms with Crippen LogP contribution in [0.1, 0.15) is 18.5 Å². The number of hydrogen-bond acceptors (Lipinski definition) is 9. The van der Waals surface area contributed by atoms with Gasteiger partial charge in [-0.1, -0.05) is 23.7 Å². The van der Waals surface area contributed by atoms with Gasteiger partial charge >= 0.3 is 0 Å². The molecule has 0 saturated carbocycles. The Labute approximate surface area is 179 Å². The van der Waals surface area contributed by atoms with Crippen molar-refractivity contribution in [3.63, 3.8) is 0 Å². The number of para-hydroxylation sites is 1. The molecular weight excluding hydrogens is 404 g/mol. The fraction of sp³-hybridized carbons (Fsp3) is 0.400. The van der Waals surface area contributed by atoms with Crippen LogP contribution in [-0.2, 0) is 0 Å². The van der Waals surface area contributed by atoms with Gasteiger partial charge in [-0.3, -0.25) is 4.90 Å². The van der Waals surface area contributed by atoms with E-state index in [1.54, 1.807) is 0 Å². The van der Waals surface area contributed by atoms with E-state index in [1.807, 2.05) is 25.1 Å². The van der Waals surface area contributed by atoms with Crippen LogP contribution in [0.15, 0.2) is 30.6 Å². The van der Waals surface area contributed by atoms with E-state index < -0.39 is 0 Å². The molecule has 4 N–H and O–H groups in total. The van der Waals surface area contributed by atoms with Gasteiger partial charge in [0.15, 0.2) is 0 Å². The first-order valence-corrected chi connectivity index (χ1v) is 10.3. The first-order chi connectivity index (χ1) is 14.5. The summed E-state index contributed by atoms with van der Waals surface area (Å²) in [5.41, 5.74) is 7.50. The van der Waals surface area contributed by atoms with Gasteiger partial charge in [0.25, 0.3) is 0 Å². The largest absolute Gasteiger partial charge is 0.395 e. The van der Waals surface area contributed by atoms with E-state index in [9.17, 15) is 5.11 Å². The number of halogens is 1. The lowest BCUT2D eigenvalue weighted by Crippen LogP contribution is -2.47. The minimum absolute atomic E-state index is 0.117. The maximum absolute atomic E-state index is 9.21. The number of nitrogens with zero attached hydrogens (tertiary/aromatic N) is 6. The number of aliphatic hydroxyl groups is 1. The zero-order chi connectivity index (χ0) is 21.1. The summed E-state index contributed by atoms with van der Waals surface area (Å²) in [6, 6.07) is 7.79. The molecular formula is C20H25ClN8O. The predicted molar refractivity (Wildman–Crippen MR) is 119 cm³/mol. The molecule has 1 fully saturated rings. The van der Waals surface area contributed by atoms with E-state index in [1.165, 1.54) is 6.33 Å². The highest BCUT2D eigenvalue weighted by atomic mass is 35.5. The summed E-state index contributed by atoms with van der Waals surface area (Å²) < 4.78 is 0. The normalized spacial score (nSPS) is 16.0. The quantitative estimate of drug-likeness (QED) is 0.541. The molecule has 1 atom stereocenters. The van der Waals surface area contributed by atoms with Crippen LogP contribution in [-0.4, -0.2) is 69.3 Å². The summed E-state index contributed by atoms with van der Waals surface area (Å²) in [5.74, 6) is 1.48. The number of fused-ring (bicyclic) bond motifs is 1. The Morgan fingerprint density at radius 3 is 2.73 bits per heavy atom. The molecule has 1 aliphatic heterocycles. The second-order valence-electron chi connectivity index (χ2n) is 7.30. The summed E-state index contributed by atoms with van der Waals surface area (Å²) in [4.78, 5) is 21.6. The van der Waals surface area contributed by atoms with Gasteiger partial charge in [0.05, 0.1) is 23.2 Å². The topological polar surface area (TPSA) is 116 Å². The molecule has 0 radical (unpaired) electrons. The van der Waals surface area contributed by atoms with E-state index in [4.69, 9.17) is 22.3 Å². The van der Waals surface area contributed by atoms with Gasteiger partial charge in [0.1, 0.15) is 12.1 Å². The Hall–Kier alpha value is -2.75. The minimum Gasteiger partial charge on any atom is -0.395 e. The SMILES string of the molecule is C[C@H](Nc1ncnc(N)n1)c1cc2cccc(Cl)c2nc1N1CCN(CCO)CC1. The molecule has 30 heavy (non-hydrogen) atoms. The van der Waals surface area contributed by atoms with Crippen molar-refractivity contribution < 1.29 is 5.11 Å². The molecule has 4 rings (SSSR count).